The first-order chi connectivity index (χ1) is 7.88. The van der Waals surface area contributed by atoms with Crippen molar-refractivity contribution in [3.05, 3.63) is 0 Å². The summed E-state index contributed by atoms with van der Waals surface area (Å²) in [6.07, 6.45) is -9.69. The second-order valence-electron chi connectivity index (χ2n) is 3.56. The lowest BCUT2D eigenvalue weighted by Crippen LogP contribution is -2.64. The van der Waals surface area contributed by atoms with Crippen LogP contribution in [0.4, 0.5) is 8.78 Å². The number of alkyl halides is 2. The standard InChI is InChI=1S/C8H13F2NO6/c9-6(10)7(15)11-3-5(14)4(13)2(1-12)17-8(3)16/h2-6,8,12-14,16H,1H2,(H,11,15)/t2-,3-,4+,5-,8?/m1/s1. The molecule has 1 heterocycles. The number of hydrogen-bond acceptors (Lipinski definition) is 6. The van der Waals surface area contributed by atoms with Gasteiger partial charge in [0.15, 0.2) is 6.29 Å². The van der Waals surface area contributed by atoms with Crippen molar-refractivity contribution in [1.82, 2.24) is 5.32 Å². The number of amides is 1. The van der Waals surface area contributed by atoms with E-state index >= 15 is 0 Å². The highest BCUT2D eigenvalue weighted by Gasteiger charge is 2.44. The Morgan fingerprint density at radius 2 is 1.88 bits per heavy atom. The van der Waals surface area contributed by atoms with E-state index < -0.39 is 49.6 Å². The van der Waals surface area contributed by atoms with E-state index in [4.69, 9.17) is 5.11 Å². The first-order valence-electron chi connectivity index (χ1n) is 4.77. The lowest BCUT2D eigenvalue weighted by atomic mass is 9.97. The van der Waals surface area contributed by atoms with Crippen molar-refractivity contribution in [3.63, 3.8) is 0 Å². The van der Waals surface area contributed by atoms with Crippen molar-refractivity contribution in [1.29, 1.82) is 0 Å². The van der Waals surface area contributed by atoms with Gasteiger partial charge in [-0.05, 0) is 0 Å². The van der Waals surface area contributed by atoms with Crippen LogP contribution in [-0.4, -0.2) is 70.0 Å². The minimum absolute atomic E-state index is 0.676. The molecule has 5 N–H and O–H groups in total. The molecule has 0 spiro atoms. The highest BCUT2D eigenvalue weighted by atomic mass is 19.3. The molecular formula is C8H13F2NO6. The Morgan fingerprint density at radius 1 is 1.29 bits per heavy atom. The van der Waals surface area contributed by atoms with Gasteiger partial charge >= 0.3 is 6.43 Å². The molecule has 0 saturated carbocycles. The third-order valence-corrected chi connectivity index (χ3v) is 2.41. The highest BCUT2D eigenvalue weighted by molar-refractivity contribution is 5.79. The molecule has 1 rings (SSSR count). The quantitative estimate of drug-likeness (QED) is 0.372. The molecule has 0 radical (unpaired) electrons. The molecule has 9 heteroatoms. The van der Waals surface area contributed by atoms with Gasteiger partial charge in [-0.1, -0.05) is 0 Å². The largest absolute Gasteiger partial charge is 0.394 e. The summed E-state index contributed by atoms with van der Waals surface area (Å²) in [5.41, 5.74) is 0. The van der Waals surface area contributed by atoms with E-state index in [1.165, 1.54) is 0 Å². The minimum atomic E-state index is -3.32. The van der Waals surface area contributed by atoms with Gasteiger partial charge in [0.05, 0.1) is 6.61 Å². The van der Waals surface area contributed by atoms with E-state index in [0.29, 0.717) is 0 Å². The van der Waals surface area contributed by atoms with Crippen LogP contribution in [0.15, 0.2) is 0 Å². The zero-order valence-corrected chi connectivity index (χ0v) is 8.53. The van der Waals surface area contributed by atoms with Crippen LogP contribution in [0.5, 0.6) is 0 Å². The molecule has 0 aromatic rings. The van der Waals surface area contributed by atoms with Crippen LogP contribution < -0.4 is 5.32 Å². The van der Waals surface area contributed by atoms with E-state index in [0.717, 1.165) is 0 Å². The minimum Gasteiger partial charge on any atom is -0.394 e. The van der Waals surface area contributed by atoms with Crippen LogP contribution >= 0.6 is 0 Å². The van der Waals surface area contributed by atoms with Gasteiger partial charge < -0.3 is 30.5 Å². The average Bonchev–Trinajstić information content (AvgIpc) is 2.28. The number of hydrogen-bond donors (Lipinski definition) is 5. The van der Waals surface area contributed by atoms with Gasteiger partial charge in [0, 0.05) is 0 Å². The summed E-state index contributed by atoms with van der Waals surface area (Å²) in [6, 6.07) is -1.59. The summed E-state index contributed by atoms with van der Waals surface area (Å²) in [4.78, 5) is 10.7. The van der Waals surface area contributed by atoms with Gasteiger partial charge in [-0.3, -0.25) is 4.79 Å². The summed E-state index contributed by atoms with van der Waals surface area (Å²) in [6.45, 7) is -0.676. The maximum absolute atomic E-state index is 12.0. The van der Waals surface area contributed by atoms with E-state index in [2.05, 4.69) is 4.74 Å². The molecule has 0 aromatic carbocycles. The molecule has 1 saturated heterocycles. The van der Waals surface area contributed by atoms with E-state index in [1.54, 1.807) is 5.32 Å². The van der Waals surface area contributed by atoms with Crippen molar-refractivity contribution >= 4 is 5.91 Å². The molecule has 17 heavy (non-hydrogen) atoms. The first kappa shape index (κ1) is 14.2. The fourth-order valence-electron chi connectivity index (χ4n) is 1.48. The Balaban J connectivity index is 2.69. The topological polar surface area (TPSA) is 119 Å². The van der Waals surface area contributed by atoms with Crippen molar-refractivity contribution < 1.29 is 38.7 Å². The van der Waals surface area contributed by atoms with Gasteiger partial charge in [0.1, 0.15) is 24.4 Å². The molecular weight excluding hydrogens is 244 g/mol. The van der Waals surface area contributed by atoms with E-state index in [9.17, 15) is 28.9 Å². The molecule has 7 nitrogen and oxygen atoms in total. The Kier molecular flexibility index (Phi) is 4.71. The fraction of sp³-hybridized carbons (Fsp3) is 0.875. The predicted octanol–water partition coefficient (Wildman–Crippen LogP) is -2.83. The maximum atomic E-state index is 12.0. The highest BCUT2D eigenvalue weighted by Crippen LogP contribution is 2.19. The number of carbonyl (C=O) groups is 1. The van der Waals surface area contributed by atoms with Gasteiger partial charge in [-0.2, -0.15) is 8.78 Å². The first-order valence-corrected chi connectivity index (χ1v) is 4.77. The molecule has 5 atom stereocenters. The van der Waals surface area contributed by atoms with Crippen molar-refractivity contribution in [2.75, 3.05) is 6.61 Å². The van der Waals surface area contributed by atoms with Crippen LogP contribution in [0.25, 0.3) is 0 Å². The number of halogens is 2. The summed E-state index contributed by atoms with van der Waals surface area (Å²) >= 11 is 0. The number of aliphatic hydroxyl groups excluding tert-OH is 4. The SMILES string of the molecule is O=C(N[C@H]1C(O)O[C@H](CO)[C@H](O)[C@@H]1O)C(F)F. The van der Waals surface area contributed by atoms with Gasteiger partial charge in [-0.15, -0.1) is 0 Å². The van der Waals surface area contributed by atoms with Gasteiger partial charge in [0.2, 0.25) is 0 Å². The zero-order chi connectivity index (χ0) is 13.2. The van der Waals surface area contributed by atoms with Crippen LogP contribution in [-0.2, 0) is 9.53 Å². The number of nitrogens with one attached hydrogen (secondary N) is 1. The molecule has 100 valence electrons. The Bertz CT molecular complexity index is 279. The van der Waals surface area contributed by atoms with E-state index in [-0.39, 0.29) is 0 Å². The Labute approximate surface area is 94.6 Å². The van der Waals surface area contributed by atoms with Crippen LogP contribution in [0.3, 0.4) is 0 Å². The molecule has 1 amide bonds. The fourth-order valence-corrected chi connectivity index (χ4v) is 1.48. The average molecular weight is 257 g/mol. The number of aliphatic hydroxyl groups is 4. The second kappa shape index (κ2) is 5.65. The van der Waals surface area contributed by atoms with Gasteiger partial charge in [0.25, 0.3) is 5.91 Å². The van der Waals surface area contributed by atoms with Crippen LogP contribution in [0, 0.1) is 0 Å². The number of ether oxygens (including phenoxy) is 1. The van der Waals surface area contributed by atoms with Crippen molar-refractivity contribution in [2.24, 2.45) is 0 Å². The van der Waals surface area contributed by atoms with Crippen molar-refractivity contribution in [3.8, 4) is 0 Å². The molecule has 1 aliphatic heterocycles. The zero-order valence-electron chi connectivity index (χ0n) is 8.53. The maximum Gasteiger partial charge on any atom is 0.315 e. The summed E-state index contributed by atoms with van der Waals surface area (Å²) < 4.78 is 28.6. The third-order valence-electron chi connectivity index (χ3n) is 2.41. The van der Waals surface area contributed by atoms with Crippen LogP contribution in [0.2, 0.25) is 0 Å². The number of rotatable bonds is 3. The smallest absolute Gasteiger partial charge is 0.315 e. The van der Waals surface area contributed by atoms with E-state index in [1.807, 2.05) is 0 Å². The Morgan fingerprint density at radius 3 is 2.35 bits per heavy atom. The van der Waals surface area contributed by atoms with Gasteiger partial charge in [-0.25, -0.2) is 0 Å². The van der Waals surface area contributed by atoms with Crippen LogP contribution in [0.1, 0.15) is 0 Å². The summed E-state index contributed by atoms with van der Waals surface area (Å²) in [7, 11) is 0. The third kappa shape index (κ3) is 3.07. The molecule has 1 unspecified atom stereocenters. The molecule has 0 bridgehead atoms. The monoisotopic (exact) mass is 257 g/mol. The van der Waals surface area contributed by atoms with Crippen molar-refractivity contribution in [2.45, 2.75) is 37.1 Å². The predicted molar refractivity (Wildman–Crippen MR) is 47.9 cm³/mol. The second-order valence-corrected chi connectivity index (χ2v) is 3.56. The molecule has 0 aromatic heterocycles. The molecule has 1 aliphatic rings. The molecule has 1 fully saturated rings. The Hall–Kier alpha value is -0.870. The number of carbonyl (C=O) groups excluding carboxylic acids is 1. The summed E-state index contributed by atoms with van der Waals surface area (Å²) in [5, 5.41) is 38.6. The normalized spacial score (nSPS) is 38.2. The molecule has 0 aliphatic carbocycles. The summed E-state index contributed by atoms with van der Waals surface area (Å²) in [5.74, 6) is -1.70. The lowest BCUT2D eigenvalue weighted by molar-refractivity contribution is -0.254. The lowest BCUT2D eigenvalue weighted by Gasteiger charge is -2.40.